The zero-order valence-corrected chi connectivity index (χ0v) is 18.0. The van der Waals surface area contributed by atoms with Gasteiger partial charge in [-0.15, -0.1) is 0 Å². The Morgan fingerprint density at radius 3 is 1.26 bits per heavy atom. The van der Waals surface area contributed by atoms with E-state index in [9.17, 15) is 34.2 Å². The van der Waals surface area contributed by atoms with Crippen LogP contribution in [0.2, 0.25) is 0 Å². The van der Waals surface area contributed by atoms with Crippen LogP contribution >= 0.6 is 0 Å². The Kier molecular flexibility index (Phi) is 9.38. The van der Waals surface area contributed by atoms with Crippen molar-refractivity contribution in [2.75, 3.05) is 6.61 Å². The second-order valence-electron chi connectivity index (χ2n) is 7.10. The third-order valence-electron chi connectivity index (χ3n) is 4.46. The molecule has 12 heteroatoms. The fourth-order valence-corrected chi connectivity index (χ4v) is 3.57. The highest BCUT2D eigenvalue weighted by Gasteiger charge is 2.66. The van der Waals surface area contributed by atoms with Crippen LogP contribution < -0.4 is 0 Å². The van der Waals surface area contributed by atoms with E-state index in [1.165, 1.54) is 0 Å². The van der Waals surface area contributed by atoms with Crippen LogP contribution in [0.5, 0.6) is 0 Å². The Labute approximate surface area is 178 Å². The van der Waals surface area contributed by atoms with E-state index in [1.54, 1.807) is 0 Å². The number of hydrogen-bond donors (Lipinski definition) is 2. The predicted molar refractivity (Wildman–Crippen MR) is 99.0 cm³/mol. The minimum Gasteiger partial charge on any atom is -0.455 e. The van der Waals surface area contributed by atoms with Crippen molar-refractivity contribution >= 4 is 29.8 Å². The third kappa shape index (κ3) is 6.89. The maximum atomic E-state index is 11.8. The van der Waals surface area contributed by atoms with E-state index in [0.717, 1.165) is 34.6 Å². The summed E-state index contributed by atoms with van der Waals surface area (Å²) in [7, 11) is 0. The number of esters is 5. The molecule has 2 N–H and O–H groups in total. The molecular weight excluding hydrogens is 420 g/mol. The number of ether oxygens (including phenoxy) is 5. The molecule has 4 unspecified atom stereocenters. The third-order valence-corrected chi connectivity index (χ3v) is 4.46. The molecule has 1 saturated carbocycles. The van der Waals surface area contributed by atoms with E-state index in [4.69, 9.17) is 23.7 Å². The number of rotatable bonds is 8. The molecule has 0 aliphatic heterocycles. The highest BCUT2D eigenvalue weighted by molar-refractivity contribution is 5.70. The fraction of sp³-hybridized carbons (Fsp3) is 0.737. The summed E-state index contributed by atoms with van der Waals surface area (Å²) in [5.41, 5.74) is -2.28. The van der Waals surface area contributed by atoms with E-state index in [2.05, 4.69) is 0 Å². The molecule has 176 valence electrons. The first-order valence-electron chi connectivity index (χ1n) is 9.52. The summed E-state index contributed by atoms with van der Waals surface area (Å²) in [6, 6.07) is 0. The van der Waals surface area contributed by atoms with Crippen molar-refractivity contribution in [2.45, 2.75) is 83.6 Å². The minimum absolute atomic E-state index is 0.0517. The lowest BCUT2D eigenvalue weighted by Gasteiger charge is -2.52. The average Bonchev–Trinajstić information content (AvgIpc) is 2.61. The lowest BCUT2D eigenvalue weighted by molar-refractivity contribution is -0.287. The van der Waals surface area contributed by atoms with Gasteiger partial charge in [0.15, 0.2) is 30.5 Å². The normalized spacial score (nSPS) is 30.0. The number of hydrogen-bond acceptors (Lipinski definition) is 12. The topological polar surface area (TPSA) is 172 Å². The number of aliphatic hydroxyl groups excluding tert-OH is 1. The van der Waals surface area contributed by atoms with Crippen LogP contribution in [-0.2, 0) is 47.7 Å². The quantitative estimate of drug-likeness (QED) is 0.349. The van der Waals surface area contributed by atoms with E-state index in [1.807, 2.05) is 0 Å². The summed E-state index contributed by atoms with van der Waals surface area (Å²) in [5.74, 6) is -4.41. The zero-order valence-electron chi connectivity index (χ0n) is 18.0. The van der Waals surface area contributed by atoms with Gasteiger partial charge < -0.3 is 33.9 Å². The summed E-state index contributed by atoms with van der Waals surface area (Å²) >= 11 is 0. The van der Waals surface area contributed by atoms with Crippen LogP contribution in [0.3, 0.4) is 0 Å². The van der Waals surface area contributed by atoms with Crippen molar-refractivity contribution in [3.8, 4) is 0 Å². The van der Waals surface area contributed by atoms with Gasteiger partial charge in [-0.3, -0.25) is 24.0 Å². The van der Waals surface area contributed by atoms with Crippen LogP contribution in [0.4, 0.5) is 0 Å². The molecule has 0 aromatic heterocycles. The highest BCUT2D eigenvalue weighted by Crippen LogP contribution is 2.41. The summed E-state index contributed by atoms with van der Waals surface area (Å²) < 4.78 is 26.1. The van der Waals surface area contributed by atoms with Crippen molar-refractivity contribution in [1.29, 1.82) is 0 Å². The van der Waals surface area contributed by atoms with E-state index >= 15 is 0 Å². The maximum Gasteiger partial charge on any atom is 0.303 e. The molecule has 0 aromatic rings. The van der Waals surface area contributed by atoms with Crippen molar-refractivity contribution in [1.82, 2.24) is 0 Å². The van der Waals surface area contributed by atoms with Crippen molar-refractivity contribution in [3.63, 3.8) is 0 Å². The Morgan fingerprint density at radius 2 is 0.968 bits per heavy atom. The maximum absolute atomic E-state index is 11.8. The molecule has 0 heterocycles. The van der Waals surface area contributed by atoms with Gasteiger partial charge in [0.2, 0.25) is 0 Å². The molecule has 1 fully saturated rings. The molecule has 1 rings (SSSR count). The highest BCUT2D eigenvalue weighted by atomic mass is 16.7. The first kappa shape index (κ1) is 26.3. The minimum atomic E-state index is -2.28. The van der Waals surface area contributed by atoms with Gasteiger partial charge in [0.25, 0.3) is 0 Å². The number of carbonyl (C=O) groups excluding carboxylic acids is 5. The molecular formula is C19H28O12. The molecule has 0 radical (unpaired) electrons. The second kappa shape index (κ2) is 11.0. The van der Waals surface area contributed by atoms with Crippen molar-refractivity contribution in [2.24, 2.45) is 0 Å². The summed E-state index contributed by atoms with van der Waals surface area (Å²) in [5, 5.41) is 20.8. The van der Waals surface area contributed by atoms with Gasteiger partial charge in [0, 0.05) is 41.2 Å². The SMILES string of the molecule is CC(=O)OC1C(OC(C)=O)[C@](O)(CCCO)C(OC(C)=O)C(OC(C)=O)[C@@H]1OC(C)=O. The van der Waals surface area contributed by atoms with Gasteiger partial charge in [0.05, 0.1) is 0 Å². The average molecular weight is 448 g/mol. The van der Waals surface area contributed by atoms with Crippen LogP contribution in [0, 0.1) is 0 Å². The smallest absolute Gasteiger partial charge is 0.303 e. The van der Waals surface area contributed by atoms with Gasteiger partial charge in [-0.25, -0.2) is 0 Å². The fourth-order valence-electron chi connectivity index (χ4n) is 3.57. The van der Waals surface area contributed by atoms with Crippen LogP contribution in [0.15, 0.2) is 0 Å². The first-order valence-corrected chi connectivity index (χ1v) is 9.52. The van der Waals surface area contributed by atoms with Crippen molar-refractivity contribution in [3.05, 3.63) is 0 Å². The Hall–Kier alpha value is -2.73. The molecule has 4 atom stereocenters. The monoisotopic (exact) mass is 448 g/mol. The first-order chi connectivity index (χ1) is 14.3. The number of aliphatic hydroxyl groups is 2. The van der Waals surface area contributed by atoms with Gasteiger partial charge in [-0.2, -0.15) is 0 Å². The Balaban J connectivity index is 3.75. The van der Waals surface area contributed by atoms with E-state index in [-0.39, 0.29) is 12.8 Å². The number of carbonyl (C=O) groups is 5. The van der Waals surface area contributed by atoms with Crippen LogP contribution in [-0.4, -0.2) is 82.8 Å². The Bertz CT molecular complexity index is 658. The van der Waals surface area contributed by atoms with Gasteiger partial charge in [-0.1, -0.05) is 0 Å². The zero-order chi connectivity index (χ0) is 23.9. The molecule has 0 bridgehead atoms. The van der Waals surface area contributed by atoms with E-state index < -0.39 is 72.6 Å². The largest absolute Gasteiger partial charge is 0.455 e. The summed E-state index contributed by atoms with van der Waals surface area (Å²) in [6.45, 7) is 4.74. The predicted octanol–water partition coefficient (Wildman–Crippen LogP) is -0.838. The van der Waals surface area contributed by atoms with Crippen LogP contribution in [0.1, 0.15) is 47.5 Å². The molecule has 0 amide bonds. The standard InChI is InChI=1S/C19H28O12/c1-9(21)27-14-15(28-10(2)22)17(30-12(4)24)19(26,7-6-8-20)18(31-13(5)25)16(14)29-11(3)23/h14-18,20,26H,6-8H2,1-5H3/t14-,15?,16?,17?,18?,19-. The molecule has 31 heavy (non-hydrogen) atoms. The summed E-state index contributed by atoms with van der Waals surface area (Å²) in [6.07, 6.45) is -8.59. The van der Waals surface area contributed by atoms with Gasteiger partial charge >= 0.3 is 29.8 Å². The van der Waals surface area contributed by atoms with Gasteiger partial charge in [-0.05, 0) is 12.8 Å². The summed E-state index contributed by atoms with van der Waals surface area (Å²) in [4.78, 5) is 58.9. The molecule has 0 aromatic carbocycles. The lowest BCUT2D eigenvalue weighted by atomic mass is 9.71. The molecule has 1 aliphatic carbocycles. The van der Waals surface area contributed by atoms with Crippen molar-refractivity contribution < 1.29 is 57.9 Å². The second-order valence-corrected chi connectivity index (χ2v) is 7.10. The molecule has 0 spiro atoms. The van der Waals surface area contributed by atoms with E-state index in [0.29, 0.717) is 0 Å². The molecule has 0 saturated heterocycles. The van der Waals surface area contributed by atoms with Gasteiger partial charge in [0.1, 0.15) is 5.60 Å². The lowest BCUT2D eigenvalue weighted by Crippen LogP contribution is -2.74. The molecule has 12 nitrogen and oxygen atoms in total. The Morgan fingerprint density at radius 1 is 0.645 bits per heavy atom. The van der Waals surface area contributed by atoms with Crippen LogP contribution in [0.25, 0.3) is 0 Å². The molecule has 1 aliphatic rings.